The fourth-order valence-corrected chi connectivity index (χ4v) is 2.31. The number of esters is 1. The van der Waals surface area contributed by atoms with Crippen molar-refractivity contribution in [3.63, 3.8) is 0 Å². The van der Waals surface area contributed by atoms with Crippen LogP contribution in [-0.4, -0.2) is 24.3 Å². The minimum absolute atomic E-state index is 0.0514. The highest BCUT2D eigenvalue weighted by Crippen LogP contribution is 2.25. The third kappa shape index (κ3) is 6.17. The third-order valence-electron chi connectivity index (χ3n) is 3.28. The van der Waals surface area contributed by atoms with Gasteiger partial charge < -0.3 is 14.6 Å². The zero-order valence-corrected chi connectivity index (χ0v) is 13.3. The van der Waals surface area contributed by atoms with E-state index in [1.807, 2.05) is 32.9 Å². The lowest BCUT2D eigenvalue weighted by molar-refractivity contribution is -0.143. The predicted molar refractivity (Wildman–Crippen MR) is 82.4 cm³/mol. The summed E-state index contributed by atoms with van der Waals surface area (Å²) in [4.78, 5) is 11.2. The quantitative estimate of drug-likeness (QED) is 0.561. The number of hydrogen-bond acceptors (Lipinski definition) is 4. The topological polar surface area (TPSA) is 55.8 Å². The fourth-order valence-electron chi connectivity index (χ4n) is 2.31. The molecule has 1 N–H and O–H groups in total. The van der Waals surface area contributed by atoms with Gasteiger partial charge in [-0.15, -0.1) is 0 Å². The van der Waals surface area contributed by atoms with E-state index in [0.717, 1.165) is 41.7 Å². The van der Waals surface area contributed by atoms with Crippen LogP contribution in [-0.2, 0) is 16.1 Å². The molecule has 0 spiro atoms. The van der Waals surface area contributed by atoms with Crippen molar-refractivity contribution in [2.24, 2.45) is 0 Å². The summed E-state index contributed by atoms with van der Waals surface area (Å²) in [7, 11) is 0. The largest absolute Gasteiger partial charge is 0.493 e. The number of hydrogen-bond donors (Lipinski definition) is 1. The number of carbonyl (C=O) groups is 1. The van der Waals surface area contributed by atoms with Crippen LogP contribution in [0.5, 0.6) is 5.75 Å². The maximum Gasteiger partial charge on any atom is 0.305 e. The molecule has 0 atom stereocenters. The number of ether oxygens (including phenoxy) is 2. The maximum absolute atomic E-state index is 11.2. The number of aliphatic hydroxyl groups excluding tert-OH is 1. The minimum Gasteiger partial charge on any atom is -0.493 e. The molecule has 1 aromatic carbocycles. The lowest BCUT2D eigenvalue weighted by Gasteiger charge is -2.13. The summed E-state index contributed by atoms with van der Waals surface area (Å²) >= 11 is 0. The van der Waals surface area contributed by atoms with E-state index in [4.69, 9.17) is 14.6 Å². The standard InChI is InChI=1S/C17H26O4/c1-4-20-16(19)8-6-5-7-9-21-17-13(2)10-15(12-18)11-14(17)3/h10-11,18H,4-9,12H2,1-3H3. The van der Waals surface area contributed by atoms with Gasteiger partial charge in [-0.05, 0) is 56.7 Å². The predicted octanol–water partition coefficient (Wildman–Crippen LogP) is 3.30. The van der Waals surface area contributed by atoms with E-state index in [0.29, 0.717) is 19.6 Å². The molecule has 1 aromatic rings. The molecule has 0 aromatic heterocycles. The van der Waals surface area contributed by atoms with Crippen molar-refractivity contribution in [3.05, 3.63) is 28.8 Å². The van der Waals surface area contributed by atoms with Crippen LogP contribution in [0.1, 0.15) is 49.3 Å². The summed E-state index contributed by atoms with van der Waals surface area (Å²) in [5.41, 5.74) is 3.00. The van der Waals surface area contributed by atoms with Crippen LogP contribution in [0.4, 0.5) is 0 Å². The molecule has 1 rings (SSSR count). The maximum atomic E-state index is 11.2. The molecular formula is C17H26O4. The summed E-state index contributed by atoms with van der Waals surface area (Å²) in [6, 6.07) is 3.90. The van der Waals surface area contributed by atoms with Gasteiger partial charge in [0.25, 0.3) is 0 Å². The van der Waals surface area contributed by atoms with Crippen LogP contribution in [0, 0.1) is 13.8 Å². The highest BCUT2D eigenvalue weighted by Gasteiger charge is 2.06. The SMILES string of the molecule is CCOC(=O)CCCCCOc1c(C)cc(CO)cc1C. The summed E-state index contributed by atoms with van der Waals surface area (Å²) in [5.74, 6) is 0.780. The highest BCUT2D eigenvalue weighted by atomic mass is 16.5. The van der Waals surface area contributed by atoms with E-state index < -0.39 is 0 Å². The molecule has 0 aliphatic carbocycles. The van der Waals surface area contributed by atoms with E-state index in [-0.39, 0.29) is 12.6 Å². The average molecular weight is 294 g/mol. The average Bonchev–Trinajstić information content (AvgIpc) is 2.44. The Morgan fingerprint density at radius 2 is 1.81 bits per heavy atom. The third-order valence-corrected chi connectivity index (χ3v) is 3.28. The Morgan fingerprint density at radius 3 is 2.38 bits per heavy atom. The Hall–Kier alpha value is -1.55. The van der Waals surface area contributed by atoms with Crippen LogP contribution in [0.3, 0.4) is 0 Å². The molecule has 0 saturated heterocycles. The molecule has 0 bridgehead atoms. The van der Waals surface area contributed by atoms with Crippen LogP contribution < -0.4 is 4.74 Å². The molecule has 21 heavy (non-hydrogen) atoms. The van der Waals surface area contributed by atoms with Crippen molar-refractivity contribution in [2.45, 2.75) is 53.1 Å². The molecule has 0 unspecified atom stereocenters. The smallest absolute Gasteiger partial charge is 0.305 e. The van der Waals surface area contributed by atoms with E-state index in [9.17, 15) is 4.79 Å². The van der Waals surface area contributed by atoms with Gasteiger partial charge in [-0.25, -0.2) is 0 Å². The molecule has 4 heteroatoms. The molecule has 118 valence electrons. The molecule has 4 nitrogen and oxygen atoms in total. The number of aryl methyl sites for hydroxylation is 2. The number of unbranched alkanes of at least 4 members (excludes halogenated alkanes) is 2. The Bertz CT molecular complexity index is 431. The van der Waals surface area contributed by atoms with Crippen LogP contribution in [0.15, 0.2) is 12.1 Å². The molecule has 0 fully saturated rings. The molecular weight excluding hydrogens is 268 g/mol. The fraction of sp³-hybridized carbons (Fsp3) is 0.588. The molecule has 0 amide bonds. The van der Waals surface area contributed by atoms with Crippen molar-refractivity contribution in [3.8, 4) is 5.75 Å². The van der Waals surface area contributed by atoms with Crippen LogP contribution in [0.2, 0.25) is 0 Å². The minimum atomic E-state index is -0.121. The first-order valence-corrected chi connectivity index (χ1v) is 7.57. The Balaban J connectivity index is 2.29. The van der Waals surface area contributed by atoms with Crippen molar-refractivity contribution < 1.29 is 19.4 Å². The Kier molecular flexibility index (Phi) is 7.83. The van der Waals surface area contributed by atoms with Gasteiger partial charge in [0.05, 0.1) is 19.8 Å². The van der Waals surface area contributed by atoms with Crippen molar-refractivity contribution in [1.29, 1.82) is 0 Å². The van der Waals surface area contributed by atoms with Crippen molar-refractivity contribution >= 4 is 5.97 Å². The summed E-state index contributed by atoms with van der Waals surface area (Å²) in [6.07, 6.45) is 3.19. The van der Waals surface area contributed by atoms with E-state index in [1.165, 1.54) is 0 Å². The van der Waals surface area contributed by atoms with Gasteiger partial charge in [0.2, 0.25) is 0 Å². The zero-order valence-electron chi connectivity index (χ0n) is 13.3. The lowest BCUT2D eigenvalue weighted by Crippen LogP contribution is -2.04. The monoisotopic (exact) mass is 294 g/mol. The van der Waals surface area contributed by atoms with Gasteiger partial charge in [-0.3, -0.25) is 4.79 Å². The second-order valence-electron chi connectivity index (χ2n) is 5.18. The van der Waals surface area contributed by atoms with Gasteiger partial charge in [0, 0.05) is 6.42 Å². The summed E-state index contributed by atoms with van der Waals surface area (Å²) < 4.78 is 10.7. The number of carbonyl (C=O) groups excluding carboxylic acids is 1. The van der Waals surface area contributed by atoms with E-state index in [1.54, 1.807) is 0 Å². The van der Waals surface area contributed by atoms with E-state index in [2.05, 4.69) is 0 Å². The van der Waals surface area contributed by atoms with Gasteiger partial charge >= 0.3 is 5.97 Å². The van der Waals surface area contributed by atoms with Crippen molar-refractivity contribution in [1.82, 2.24) is 0 Å². The first-order chi connectivity index (χ1) is 10.1. The zero-order chi connectivity index (χ0) is 15.7. The van der Waals surface area contributed by atoms with Gasteiger partial charge in [-0.1, -0.05) is 12.1 Å². The molecule has 0 saturated carbocycles. The second-order valence-corrected chi connectivity index (χ2v) is 5.18. The van der Waals surface area contributed by atoms with E-state index >= 15 is 0 Å². The van der Waals surface area contributed by atoms with Gasteiger partial charge in [0.15, 0.2) is 0 Å². The van der Waals surface area contributed by atoms with Crippen LogP contribution in [0.25, 0.3) is 0 Å². The second kappa shape index (κ2) is 9.40. The molecule has 0 aliphatic rings. The van der Waals surface area contributed by atoms with Crippen molar-refractivity contribution in [2.75, 3.05) is 13.2 Å². The molecule has 0 heterocycles. The highest BCUT2D eigenvalue weighted by molar-refractivity contribution is 5.69. The van der Waals surface area contributed by atoms with Gasteiger partial charge in [0.1, 0.15) is 5.75 Å². The van der Waals surface area contributed by atoms with Gasteiger partial charge in [-0.2, -0.15) is 0 Å². The van der Waals surface area contributed by atoms with Crippen LogP contribution >= 0.6 is 0 Å². The number of rotatable bonds is 9. The number of aliphatic hydroxyl groups is 1. The number of benzene rings is 1. The normalized spacial score (nSPS) is 10.5. The Morgan fingerprint density at radius 1 is 1.14 bits per heavy atom. The first-order valence-electron chi connectivity index (χ1n) is 7.57. The first kappa shape index (κ1) is 17.5. The molecule has 0 radical (unpaired) electrons. The summed E-state index contributed by atoms with van der Waals surface area (Å²) in [6.45, 7) is 6.94. The lowest BCUT2D eigenvalue weighted by atomic mass is 10.1. The summed E-state index contributed by atoms with van der Waals surface area (Å²) in [5, 5.41) is 9.15. The Labute approximate surface area is 127 Å². The molecule has 0 aliphatic heterocycles.